The molecule has 12 heteroatoms. The predicted octanol–water partition coefficient (Wildman–Crippen LogP) is 3.75. The highest BCUT2D eigenvalue weighted by atomic mass is 32.2. The molecule has 1 fully saturated rings. The molecule has 6 rings (SSSR count). The summed E-state index contributed by atoms with van der Waals surface area (Å²) in [5.74, 6) is 0.581. The molecule has 0 N–H and O–H groups in total. The number of carbonyl (C=O) groups excluding carboxylic acids is 1. The summed E-state index contributed by atoms with van der Waals surface area (Å²) in [6.07, 6.45) is 4.52. The lowest BCUT2D eigenvalue weighted by Crippen LogP contribution is -2.36. The van der Waals surface area contributed by atoms with Crippen LogP contribution >= 0.6 is 11.3 Å². The summed E-state index contributed by atoms with van der Waals surface area (Å²) >= 11 is 1.36. The molecule has 0 amide bonds. The summed E-state index contributed by atoms with van der Waals surface area (Å²) in [7, 11) is -2.35. The third-order valence-corrected chi connectivity index (χ3v) is 9.25. The maximum Gasteiger partial charge on any atom is 0.265 e. The number of carbonyl (C=O) groups is 1. The van der Waals surface area contributed by atoms with E-state index >= 15 is 0 Å². The van der Waals surface area contributed by atoms with Gasteiger partial charge in [-0.05, 0) is 41.8 Å². The number of ketones is 1. The molecule has 1 aliphatic rings. The third kappa shape index (κ3) is 4.67. The first-order valence-corrected chi connectivity index (χ1v) is 14.5. The van der Waals surface area contributed by atoms with Crippen LogP contribution in [-0.4, -0.2) is 67.1 Å². The molecule has 198 valence electrons. The predicted molar refractivity (Wildman–Crippen MR) is 149 cm³/mol. The number of hydrogen-bond donors (Lipinski definition) is 0. The number of nitrogens with zero attached hydrogens (tertiary/aromatic N) is 6. The largest absolute Gasteiger partial charge is 0.378 e. The van der Waals surface area contributed by atoms with Crippen molar-refractivity contribution in [1.29, 1.82) is 0 Å². The summed E-state index contributed by atoms with van der Waals surface area (Å²) in [6, 6.07) is 15.8. The lowest BCUT2D eigenvalue weighted by Gasteiger charge is -2.28. The highest BCUT2D eigenvalue weighted by Gasteiger charge is 2.24. The number of pyridine rings is 1. The van der Waals surface area contributed by atoms with Gasteiger partial charge in [-0.15, -0.1) is 11.3 Å². The second kappa shape index (κ2) is 10.2. The maximum atomic E-state index is 13.5. The normalized spacial score (nSPS) is 14.0. The molecule has 5 heterocycles. The second-order valence-corrected chi connectivity index (χ2v) is 11.8. The van der Waals surface area contributed by atoms with Crippen LogP contribution in [0.15, 0.2) is 83.5 Å². The molecule has 0 bridgehead atoms. The van der Waals surface area contributed by atoms with Gasteiger partial charge in [0.05, 0.1) is 41.2 Å². The Kier molecular flexibility index (Phi) is 6.59. The van der Waals surface area contributed by atoms with E-state index in [0.717, 1.165) is 11.4 Å². The van der Waals surface area contributed by atoms with Gasteiger partial charge in [-0.25, -0.2) is 22.9 Å². The summed E-state index contributed by atoms with van der Waals surface area (Å²) in [6.45, 7) is 2.67. The van der Waals surface area contributed by atoms with E-state index in [1.807, 2.05) is 17.5 Å². The molecule has 0 spiro atoms. The van der Waals surface area contributed by atoms with E-state index in [0.29, 0.717) is 53.8 Å². The van der Waals surface area contributed by atoms with Crippen LogP contribution in [0, 0.1) is 0 Å². The number of fused-ring (bicyclic) bond motifs is 1. The van der Waals surface area contributed by atoms with Gasteiger partial charge in [-0.3, -0.25) is 9.10 Å². The summed E-state index contributed by atoms with van der Waals surface area (Å²) in [5, 5.41) is 6.28. The molecule has 10 nitrogen and oxygen atoms in total. The standard InChI is InChI=1S/C27H24N6O4S2/c1-31(39(35,36)21-7-8-25(29-17-21)32-11-13-37-14-12-32)20-5-2-4-19(16-20)23-9-10-28-27-22(18-30-33(23)27)26(34)24-6-3-15-38-24/h2-10,15-18H,11-14H2,1H3. The van der Waals surface area contributed by atoms with Crippen molar-refractivity contribution >= 4 is 44.3 Å². The number of ether oxygens (including phenoxy) is 1. The molecule has 1 saturated heterocycles. The van der Waals surface area contributed by atoms with Crippen molar-refractivity contribution in [1.82, 2.24) is 19.6 Å². The quantitative estimate of drug-likeness (QED) is 0.277. The van der Waals surface area contributed by atoms with Crippen molar-refractivity contribution in [2.45, 2.75) is 4.90 Å². The summed E-state index contributed by atoms with van der Waals surface area (Å²) < 4.78 is 35.1. The van der Waals surface area contributed by atoms with Crippen LogP contribution in [0.4, 0.5) is 11.5 Å². The molecule has 1 aromatic carbocycles. The van der Waals surface area contributed by atoms with Gasteiger partial charge in [-0.1, -0.05) is 18.2 Å². The van der Waals surface area contributed by atoms with Crippen molar-refractivity contribution in [2.24, 2.45) is 0 Å². The minimum absolute atomic E-state index is 0.0996. The molecular formula is C27H24N6O4S2. The van der Waals surface area contributed by atoms with Gasteiger partial charge in [0.1, 0.15) is 10.7 Å². The third-order valence-electron chi connectivity index (χ3n) is 6.61. The second-order valence-electron chi connectivity index (χ2n) is 8.90. The van der Waals surface area contributed by atoms with Gasteiger partial charge in [0.25, 0.3) is 10.0 Å². The highest BCUT2D eigenvalue weighted by molar-refractivity contribution is 7.92. The SMILES string of the molecule is CN(c1cccc(-c2ccnc3c(C(=O)c4cccs4)cnn23)c1)S(=O)(=O)c1ccc(N2CCOCC2)nc1. The smallest absolute Gasteiger partial charge is 0.265 e. The molecule has 0 saturated carbocycles. The van der Waals surface area contributed by atoms with E-state index in [2.05, 4.69) is 20.0 Å². The van der Waals surface area contributed by atoms with Crippen molar-refractivity contribution in [3.8, 4) is 11.3 Å². The van der Waals surface area contributed by atoms with E-state index < -0.39 is 10.0 Å². The number of benzene rings is 1. The fourth-order valence-electron chi connectivity index (χ4n) is 4.47. The topological polar surface area (TPSA) is 110 Å². The Morgan fingerprint density at radius 3 is 2.62 bits per heavy atom. The van der Waals surface area contributed by atoms with E-state index in [9.17, 15) is 13.2 Å². The molecule has 4 aromatic heterocycles. The number of hydrogen-bond acceptors (Lipinski definition) is 9. The molecule has 39 heavy (non-hydrogen) atoms. The zero-order valence-electron chi connectivity index (χ0n) is 21.0. The average Bonchev–Trinajstić information content (AvgIpc) is 3.68. The minimum Gasteiger partial charge on any atom is -0.378 e. The number of sulfonamides is 1. The Morgan fingerprint density at radius 2 is 1.87 bits per heavy atom. The fraction of sp³-hybridized carbons (Fsp3) is 0.185. The number of aromatic nitrogens is 4. The maximum absolute atomic E-state index is 13.5. The van der Waals surface area contributed by atoms with Gasteiger partial charge in [0.2, 0.25) is 5.78 Å². The van der Waals surface area contributed by atoms with Crippen LogP contribution in [0.1, 0.15) is 15.2 Å². The zero-order chi connectivity index (χ0) is 27.0. The average molecular weight is 561 g/mol. The lowest BCUT2D eigenvalue weighted by molar-refractivity contribution is 0.104. The van der Waals surface area contributed by atoms with Crippen LogP contribution in [-0.2, 0) is 14.8 Å². The van der Waals surface area contributed by atoms with Gasteiger partial charge < -0.3 is 9.64 Å². The van der Waals surface area contributed by atoms with E-state index in [-0.39, 0.29) is 10.7 Å². The van der Waals surface area contributed by atoms with Crippen molar-refractivity contribution < 1.29 is 17.9 Å². The Labute approximate surface area is 229 Å². The zero-order valence-corrected chi connectivity index (χ0v) is 22.6. The molecule has 0 aliphatic carbocycles. The van der Waals surface area contributed by atoms with Crippen molar-refractivity contribution in [3.63, 3.8) is 0 Å². The van der Waals surface area contributed by atoms with Gasteiger partial charge >= 0.3 is 0 Å². The summed E-state index contributed by atoms with van der Waals surface area (Å²) in [4.78, 5) is 24.5. The van der Waals surface area contributed by atoms with Crippen LogP contribution in [0.2, 0.25) is 0 Å². The first-order valence-electron chi connectivity index (χ1n) is 12.2. The molecule has 1 aliphatic heterocycles. The Bertz CT molecular complexity index is 1740. The Balaban J connectivity index is 1.30. The van der Waals surface area contributed by atoms with Gasteiger partial charge in [0.15, 0.2) is 5.65 Å². The molecular weight excluding hydrogens is 536 g/mol. The summed E-state index contributed by atoms with van der Waals surface area (Å²) in [5.41, 5.74) is 2.71. The van der Waals surface area contributed by atoms with Gasteiger partial charge in [-0.2, -0.15) is 5.10 Å². The van der Waals surface area contributed by atoms with Crippen LogP contribution < -0.4 is 9.21 Å². The molecule has 5 aromatic rings. The van der Waals surface area contributed by atoms with E-state index in [1.54, 1.807) is 53.2 Å². The first-order chi connectivity index (χ1) is 18.9. The van der Waals surface area contributed by atoms with Gasteiger partial charge in [0, 0.05) is 38.1 Å². The highest BCUT2D eigenvalue weighted by Crippen LogP contribution is 2.29. The Morgan fingerprint density at radius 1 is 1.03 bits per heavy atom. The fourth-order valence-corrected chi connectivity index (χ4v) is 6.28. The molecule has 0 radical (unpaired) electrons. The van der Waals surface area contributed by atoms with Crippen LogP contribution in [0.25, 0.3) is 16.9 Å². The molecule has 0 unspecified atom stereocenters. The van der Waals surface area contributed by atoms with Crippen LogP contribution in [0.5, 0.6) is 0 Å². The van der Waals surface area contributed by atoms with E-state index in [4.69, 9.17) is 4.74 Å². The minimum atomic E-state index is -3.86. The lowest BCUT2D eigenvalue weighted by atomic mass is 10.1. The van der Waals surface area contributed by atoms with Crippen LogP contribution in [0.3, 0.4) is 0 Å². The van der Waals surface area contributed by atoms with E-state index in [1.165, 1.54) is 35.1 Å². The van der Waals surface area contributed by atoms with Crippen molar-refractivity contribution in [3.05, 3.63) is 89.0 Å². The Hall–Kier alpha value is -4.13. The number of anilines is 2. The van der Waals surface area contributed by atoms with Crippen molar-refractivity contribution in [2.75, 3.05) is 42.6 Å². The number of thiophene rings is 1. The first kappa shape index (κ1) is 25.2. The number of morpholine rings is 1. The number of rotatable bonds is 7. The molecule has 0 atom stereocenters. The monoisotopic (exact) mass is 560 g/mol.